The first kappa shape index (κ1) is 41.3. The standard InChI is InChI=1S/C38H45ClN10O6/c39-26-14-12-24(13-15-26)18-31(46-33(51)21-43-22-50)36(54)49-32(17-23-7-2-1-3-8-23)37(55)47-29(11-6-16-44-38(41)42)35(53)48-30(34(40)52)19-25-20-45-28-10-5-4-9-27(25)28/h1-5,7-10,12-15,20,22,29-32,45H,6,11,16-19,21H2,(H2,40,52)(H,43,50)(H,46,51)(H,47,55)(H,48,53)(H,49,54)(H4,41,42,44)/t29-,30-,31-,32-/m0/s1. The molecule has 55 heavy (non-hydrogen) atoms. The summed E-state index contributed by atoms with van der Waals surface area (Å²) in [5.74, 6) is -3.68. The quantitative estimate of drug-likeness (QED) is 0.0242. The molecule has 1 heterocycles. The minimum Gasteiger partial charge on any atom is -0.370 e. The number of aromatic amines is 1. The van der Waals surface area contributed by atoms with E-state index in [1.807, 2.05) is 24.3 Å². The van der Waals surface area contributed by atoms with E-state index in [0.717, 1.165) is 16.5 Å². The van der Waals surface area contributed by atoms with Crippen LogP contribution >= 0.6 is 11.6 Å². The normalized spacial score (nSPS) is 13.0. The Bertz CT molecular complexity index is 1970. The van der Waals surface area contributed by atoms with E-state index >= 15 is 0 Å². The first-order valence-electron chi connectivity index (χ1n) is 17.5. The number of primary amides is 1. The predicted octanol–water partition coefficient (Wildman–Crippen LogP) is 0.0733. The van der Waals surface area contributed by atoms with E-state index in [2.05, 4.69) is 36.6 Å². The van der Waals surface area contributed by atoms with E-state index in [9.17, 15) is 28.8 Å². The number of nitrogens with two attached hydrogens (primary N) is 3. The van der Waals surface area contributed by atoms with Gasteiger partial charge in [-0.15, -0.1) is 0 Å². The molecule has 12 N–H and O–H groups in total. The molecule has 0 aliphatic heterocycles. The molecule has 3 aromatic carbocycles. The Morgan fingerprint density at radius 1 is 0.709 bits per heavy atom. The van der Waals surface area contributed by atoms with Gasteiger partial charge in [-0.05, 0) is 47.7 Å². The van der Waals surface area contributed by atoms with Crippen LogP contribution in [0, 0.1) is 0 Å². The van der Waals surface area contributed by atoms with Crippen molar-refractivity contribution in [2.24, 2.45) is 22.2 Å². The highest BCUT2D eigenvalue weighted by Crippen LogP contribution is 2.19. The molecule has 0 aliphatic carbocycles. The highest BCUT2D eigenvalue weighted by Gasteiger charge is 2.31. The molecular formula is C38H45ClN10O6. The molecule has 0 saturated carbocycles. The fourth-order valence-electron chi connectivity index (χ4n) is 5.84. The molecule has 4 aromatic rings. The van der Waals surface area contributed by atoms with E-state index < -0.39 is 53.7 Å². The molecule has 0 saturated heterocycles. The molecular weight excluding hydrogens is 728 g/mol. The smallest absolute Gasteiger partial charge is 0.243 e. The van der Waals surface area contributed by atoms with Crippen molar-refractivity contribution in [2.75, 3.05) is 13.1 Å². The van der Waals surface area contributed by atoms with Crippen LogP contribution in [-0.4, -0.2) is 84.1 Å². The summed E-state index contributed by atoms with van der Waals surface area (Å²) >= 11 is 6.04. The monoisotopic (exact) mass is 772 g/mol. The van der Waals surface area contributed by atoms with Gasteiger partial charge in [-0.1, -0.05) is 72.3 Å². The number of carbonyl (C=O) groups is 6. The van der Waals surface area contributed by atoms with Crippen molar-refractivity contribution >= 4 is 64.4 Å². The minimum absolute atomic E-state index is 0.0134. The second-order valence-electron chi connectivity index (χ2n) is 12.7. The number of aliphatic imine (C=N–C) groups is 1. The van der Waals surface area contributed by atoms with Gasteiger partial charge in [0.2, 0.25) is 35.9 Å². The van der Waals surface area contributed by atoms with Gasteiger partial charge in [0, 0.05) is 47.9 Å². The van der Waals surface area contributed by atoms with Crippen molar-refractivity contribution in [3.05, 3.63) is 107 Å². The molecule has 4 rings (SSSR count). The number of hydrogen-bond acceptors (Lipinski definition) is 7. The Labute approximate surface area is 322 Å². The summed E-state index contributed by atoms with van der Waals surface area (Å²) in [7, 11) is 0. The van der Waals surface area contributed by atoms with Crippen LogP contribution in [0.15, 0.2) is 90.1 Å². The van der Waals surface area contributed by atoms with Gasteiger partial charge < -0.3 is 48.8 Å². The second-order valence-corrected chi connectivity index (χ2v) is 13.2. The zero-order valence-corrected chi connectivity index (χ0v) is 30.7. The van der Waals surface area contributed by atoms with Gasteiger partial charge in [-0.25, -0.2) is 0 Å². The Morgan fingerprint density at radius 3 is 1.95 bits per heavy atom. The number of para-hydroxylation sites is 1. The number of fused-ring (bicyclic) bond motifs is 1. The van der Waals surface area contributed by atoms with Crippen molar-refractivity contribution in [2.45, 2.75) is 56.3 Å². The van der Waals surface area contributed by atoms with Crippen molar-refractivity contribution in [3.63, 3.8) is 0 Å². The average Bonchev–Trinajstić information content (AvgIpc) is 3.57. The van der Waals surface area contributed by atoms with Crippen molar-refractivity contribution in [1.82, 2.24) is 31.6 Å². The van der Waals surface area contributed by atoms with Gasteiger partial charge in [0.05, 0.1) is 6.54 Å². The number of H-pyrrole nitrogens is 1. The lowest BCUT2D eigenvalue weighted by atomic mass is 10.0. The second kappa shape index (κ2) is 20.7. The maximum absolute atomic E-state index is 14.1. The summed E-state index contributed by atoms with van der Waals surface area (Å²) in [6.45, 7) is -0.239. The lowest BCUT2D eigenvalue weighted by molar-refractivity contribution is -0.134. The maximum atomic E-state index is 14.1. The average molecular weight is 773 g/mol. The number of carbonyl (C=O) groups excluding carboxylic acids is 6. The molecule has 0 bridgehead atoms. The number of rotatable bonds is 21. The van der Waals surface area contributed by atoms with Crippen LogP contribution in [0.3, 0.4) is 0 Å². The third-order valence-corrected chi connectivity index (χ3v) is 8.86. The van der Waals surface area contributed by atoms with E-state index in [-0.39, 0.29) is 51.2 Å². The number of hydrogen-bond donors (Lipinski definition) is 9. The Balaban J connectivity index is 1.58. The summed E-state index contributed by atoms with van der Waals surface area (Å²) in [4.78, 5) is 85.0. The fourth-order valence-corrected chi connectivity index (χ4v) is 5.96. The summed E-state index contributed by atoms with van der Waals surface area (Å²) < 4.78 is 0. The predicted molar refractivity (Wildman–Crippen MR) is 208 cm³/mol. The topological polar surface area (TPSA) is 269 Å². The van der Waals surface area contributed by atoms with E-state index in [1.54, 1.807) is 60.8 Å². The van der Waals surface area contributed by atoms with Gasteiger partial charge in [-0.3, -0.25) is 33.8 Å². The lowest BCUT2D eigenvalue weighted by Gasteiger charge is -2.26. The molecule has 0 spiro atoms. The minimum atomic E-state index is -1.24. The number of halogens is 1. The molecule has 290 valence electrons. The van der Waals surface area contributed by atoms with Gasteiger partial charge in [0.1, 0.15) is 24.2 Å². The van der Waals surface area contributed by atoms with E-state index in [1.165, 1.54) is 0 Å². The highest BCUT2D eigenvalue weighted by atomic mass is 35.5. The van der Waals surface area contributed by atoms with Gasteiger partial charge >= 0.3 is 0 Å². The highest BCUT2D eigenvalue weighted by molar-refractivity contribution is 6.30. The number of benzene rings is 3. The zero-order valence-electron chi connectivity index (χ0n) is 29.9. The van der Waals surface area contributed by atoms with Crippen molar-refractivity contribution in [1.29, 1.82) is 0 Å². The third kappa shape index (κ3) is 13.2. The van der Waals surface area contributed by atoms with Gasteiger partial charge in [0.15, 0.2) is 5.96 Å². The molecule has 4 atom stereocenters. The van der Waals surface area contributed by atoms with Crippen LogP contribution in [0.2, 0.25) is 5.02 Å². The molecule has 1 aromatic heterocycles. The lowest BCUT2D eigenvalue weighted by Crippen LogP contribution is -2.59. The summed E-state index contributed by atoms with van der Waals surface area (Å²) in [5.41, 5.74) is 19.6. The Morgan fingerprint density at radius 2 is 1.29 bits per heavy atom. The first-order valence-corrected chi connectivity index (χ1v) is 17.9. The number of nitrogens with zero attached hydrogens (tertiary/aromatic N) is 1. The zero-order chi connectivity index (χ0) is 39.7. The molecule has 0 radical (unpaired) electrons. The van der Waals surface area contributed by atoms with Crippen LogP contribution < -0.4 is 43.8 Å². The van der Waals surface area contributed by atoms with Gasteiger partial charge in [0.25, 0.3) is 0 Å². The molecule has 6 amide bonds. The number of amides is 6. The van der Waals surface area contributed by atoms with Crippen molar-refractivity contribution in [3.8, 4) is 0 Å². The van der Waals surface area contributed by atoms with E-state index in [4.69, 9.17) is 28.8 Å². The fraction of sp³-hybridized carbons (Fsp3) is 0.289. The molecule has 0 fully saturated rings. The summed E-state index contributed by atoms with van der Waals surface area (Å²) in [6, 6.07) is 18.2. The summed E-state index contributed by atoms with van der Waals surface area (Å²) in [5, 5.41) is 14.4. The Kier molecular flexibility index (Phi) is 15.6. The molecule has 0 unspecified atom stereocenters. The largest absolute Gasteiger partial charge is 0.370 e. The maximum Gasteiger partial charge on any atom is 0.243 e. The number of nitrogens with one attached hydrogen (secondary N) is 6. The molecule has 16 nitrogen and oxygen atoms in total. The van der Waals surface area contributed by atoms with Gasteiger partial charge in [-0.2, -0.15) is 0 Å². The first-order chi connectivity index (χ1) is 26.4. The Hall–Kier alpha value is -6.42. The molecule has 0 aliphatic rings. The SMILES string of the molecule is NC(=O)[C@H](Cc1c[nH]c2ccccc12)NC(=O)[C@H](CCCN=C(N)N)NC(=O)[C@H](Cc1ccccc1)NC(=O)[C@H](Cc1ccc(Cl)cc1)NC(=O)CNC=O. The van der Waals surface area contributed by atoms with Crippen LogP contribution in [0.1, 0.15) is 29.5 Å². The van der Waals surface area contributed by atoms with Crippen molar-refractivity contribution < 1.29 is 28.8 Å². The third-order valence-electron chi connectivity index (χ3n) is 8.60. The van der Waals surface area contributed by atoms with Crippen LogP contribution in [0.5, 0.6) is 0 Å². The van der Waals surface area contributed by atoms with Crippen LogP contribution in [0.4, 0.5) is 0 Å². The van der Waals surface area contributed by atoms with E-state index in [0.29, 0.717) is 22.6 Å². The summed E-state index contributed by atoms with van der Waals surface area (Å²) in [6.07, 6.45) is 2.52. The number of aromatic nitrogens is 1. The van der Waals surface area contributed by atoms with Crippen LogP contribution in [-0.2, 0) is 48.0 Å². The number of guanidine groups is 1. The van der Waals surface area contributed by atoms with Crippen LogP contribution in [0.25, 0.3) is 10.9 Å². The molecule has 17 heteroatoms.